The van der Waals surface area contributed by atoms with E-state index in [9.17, 15) is 0 Å². The standard InChI is InChI=1S/C6H13NO.C2H6/c1-6-2-3-7(4-6)5-8;1-2/h6,8H,2-5H2,1H3;1-2H3. The molecule has 1 rings (SSSR count). The van der Waals surface area contributed by atoms with Crippen molar-refractivity contribution in [3.63, 3.8) is 0 Å². The fourth-order valence-electron chi connectivity index (χ4n) is 1.15. The number of aliphatic hydroxyl groups excluding tert-OH is 1. The summed E-state index contributed by atoms with van der Waals surface area (Å²) in [5.74, 6) is 0.794. The van der Waals surface area contributed by atoms with Gasteiger partial charge in [0, 0.05) is 13.1 Å². The molecule has 1 atom stereocenters. The first-order valence-corrected chi connectivity index (χ1v) is 4.16. The van der Waals surface area contributed by atoms with Gasteiger partial charge in [0.25, 0.3) is 0 Å². The minimum atomic E-state index is 0.240. The average molecular weight is 145 g/mol. The van der Waals surface area contributed by atoms with Gasteiger partial charge in [-0.15, -0.1) is 0 Å². The maximum absolute atomic E-state index is 8.61. The third-order valence-corrected chi connectivity index (χ3v) is 1.71. The van der Waals surface area contributed by atoms with Gasteiger partial charge >= 0.3 is 0 Å². The zero-order valence-corrected chi connectivity index (χ0v) is 7.30. The zero-order valence-electron chi connectivity index (χ0n) is 7.30. The lowest BCUT2D eigenvalue weighted by Crippen LogP contribution is -2.20. The Hall–Kier alpha value is -0.0800. The molecule has 2 heteroatoms. The zero-order chi connectivity index (χ0) is 7.98. The van der Waals surface area contributed by atoms with Gasteiger partial charge < -0.3 is 5.11 Å². The molecule has 1 aliphatic heterocycles. The van der Waals surface area contributed by atoms with E-state index in [2.05, 4.69) is 11.8 Å². The summed E-state index contributed by atoms with van der Waals surface area (Å²) in [6.07, 6.45) is 1.25. The van der Waals surface area contributed by atoms with Crippen molar-refractivity contribution in [3.05, 3.63) is 0 Å². The van der Waals surface area contributed by atoms with Crippen molar-refractivity contribution < 1.29 is 5.11 Å². The molecule has 0 saturated carbocycles. The van der Waals surface area contributed by atoms with Gasteiger partial charge in [-0.05, 0) is 12.3 Å². The SMILES string of the molecule is CC.CC1CCN(CO)C1. The largest absolute Gasteiger partial charge is 0.381 e. The van der Waals surface area contributed by atoms with E-state index in [1.165, 1.54) is 6.42 Å². The smallest absolute Gasteiger partial charge is 0.0956 e. The average Bonchev–Trinajstić information content (AvgIpc) is 2.40. The molecule has 10 heavy (non-hydrogen) atoms. The van der Waals surface area contributed by atoms with E-state index in [1.54, 1.807) is 0 Å². The Balaban J connectivity index is 0.000000371. The first-order valence-electron chi connectivity index (χ1n) is 4.16. The van der Waals surface area contributed by atoms with E-state index >= 15 is 0 Å². The molecule has 1 fully saturated rings. The van der Waals surface area contributed by atoms with Crippen molar-refractivity contribution in [2.75, 3.05) is 19.8 Å². The Bertz CT molecular complexity index is 75.7. The van der Waals surface area contributed by atoms with Crippen LogP contribution in [0.2, 0.25) is 0 Å². The Morgan fingerprint density at radius 1 is 1.50 bits per heavy atom. The molecule has 1 heterocycles. The van der Waals surface area contributed by atoms with E-state index in [0.29, 0.717) is 0 Å². The van der Waals surface area contributed by atoms with E-state index < -0.39 is 0 Å². The Kier molecular flexibility index (Phi) is 5.64. The summed E-state index contributed by atoms with van der Waals surface area (Å²) in [6.45, 7) is 8.62. The van der Waals surface area contributed by atoms with Crippen LogP contribution in [0.4, 0.5) is 0 Å². The number of rotatable bonds is 1. The van der Waals surface area contributed by atoms with Gasteiger partial charge in [-0.25, -0.2) is 0 Å². The van der Waals surface area contributed by atoms with Crippen molar-refractivity contribution in [2.24, 2.45) is 5.92 Å². The molecule has 1 N–H and O–H groups in total. The second kappa shape index (κ2) is 5.69. The lowest BCUT2D eigenvalue weighted by molar-refractivity contribution is 0.128. The van der Waals surface area contributed by atoms with Crippen LogP contribution in [0.25, 0.3) is 0 Å². The Labute approximate surface area is 63.8 Å². The second-order valence-corrected chi connectivity index (χ2v) is 2.61. The van der Waals surface area contributed by atoms with Crippen LogP contribution in [0, 0.1) is 5.92 Å². The molecule has 0 radical (unpaired) electrons. The van der Waals surface area contributed by atoms with Crippen LogP contribution in [0.15, 0.2) is 0 Å². The van der Waals surface area contributed by atoms with Crippen LogP contribution < -0.4 is 0 Å². The number of aliphatic hydroxyl groups is 1. The molecule has 1 saturated heterocycles. The van der Waals surface area contributed by atoms with Crippen molar-refractivity contribution in [2.45, 2.75) is 27.2 Å². The predicted octanol–water partition coefficient (Wildman–Crippen LogP) is 1.30. The summed E-state index contributed by atoms with van der Waals surface area (Å²) in [6, 6.07) is 0. The third-order valence-electron chi connectivity index (χ3n) is 1.71. The van der Waals surface area contributed by atoms with Crippen molar-refractivity contribution in [1.82, 2.24) is 4.90 Å². The van der Waals surface area contributed by atoms with Gasteiger partial charge in [-0.2, -0.15) is 0 Å². The highest BCUT2D eigenvalue weighted by atomic mass is 16.3. The number of nitrogens with zero attached hydrogens (tertiary/aromatic N) is 1. The molecule has 0 aromatic heterocycles. The van der Waals surface area contributed by atoms with Crippen LogP contribution in [0.3, 0.4) is 0 Å². The minimum Gasteiger partial charge on any atom is -0.381 e. The number of likely N-dealkylation sites (tertiary alicyclic amines) is 1. The molecule has 1 aliphatic rings. The first-order chi connectivity index (χ1) is 4.83. The monoisotopic (exact) mass is 145 g/mol. The highest BCUT2D eigenvalue weighted by Gasteiger charge is 2.16. The summed E-state index contributed by atoms with van der Waals surface area (Å²) >= 11 is 0. The van der Waals surface area contributed by atoms with Gasteiger partial charge in [0.1, 0.15) is 0 Å². The molecular formula is C8H19NO. The maximum atomic E-state index is 8.61. The molecule has 0 aromatic rings. The summed E-state index contributed by atoms with van der Waals surface area (Å²) < 4.78 is 0. The molecule has 0 bridgehead atoms. The number of hydrogen-bond donors (Lipinski definition) is 1. The van der Waals surface area contributed by atoms with E-state index in [1.807, 2.05) is 13.8 Å². The Morgan fingerprint density at radius 3 is 2.30 bits per heavy atom. The fourth-order valence-corrected chi connectivity index (χ4v) is 1.15. The summed E-state index contributed by atoms with van der Waals surface area (Å²) in [5, 5.41) is 8.61. The fraction of sp³-hybridized carbons (Fsp3) is 1.00. The van der Waals surface area contributed by atoms with Crippen LogP contribution in [-0.2, 0) is 0 Å². The molecule has 0 spiro atoms. The van der Waals surface area contributed by atoms with Crippen molar-refractivity contribution in [1.29, 1.82) is 0 Å². The normalized spacial score (nSPS) is 25.8. The predicted molar refractivity (Wildman–Crippen MR) is 43.8 cm³/mol. The quantitative estimate of drug-likeness (QED) is 0.601. The van der Waals surface area contributed by atoms with Gasteiger partial charge in [0.15, 0.2) is 0 Å². The lowest BCUT2D eigenvalue weighted by Gasteiger charge is -2.08. The van der Waals surface area contributed by atoms with Gasteiger partial charge in [-0.3, -0.25) is 4.90 Å². The molecule has 62 valence electrons. The minimum absolute atomic E-state index is 0.240. The first kappa shape index (κ1) is 9.92. The van der Waals surface area contributed by atoms with Crippen LogP contribution >= 0.6 is 0 Å². The Morgan fingerprint density at radius 2 is 2.10 bits per heavy atom. The van der Waals surface area contributed by atoms with E-state index in [4.69, 9.17) is 5.11 Å². The highest BCUT2D eigenvalue weighted by Crippen LogP contribution is 2.12. The molecule has 1 unspecified atom stereocenters. The highest BCUT2D eigenvalue weighted by molar-refractivity contribution is 4.68. The molecule has 0 aromatic carbocycles. The van der Waals surface area contributed by atoms with Crippen molar-refractivity contribution in [3.8, 4) is 0 Å². The molecule has 0 aliphatic carbocycles. The summed E-state index contributed by atoms with van der Waals surface area (Å²) in [5.41, 5.74) is 0. The van der Waals surface area contributed by atoms with E-state index in [-0.39, 0.29) is 6.73 Å². The molecular weight excluding hydrogens is 126 g/mol. The number of hydrogen-bond acceptors (Lipinski definition) is 2. The topological polar surface area (TPSA) is 23.5 Å². The van der Waals surface area contributed by atoms with Crippen molar-refractivity contribution >= 4 is 0 Å². The third kappa shape index (κ3) is 3.18. The summed E-state index contributed by atoms with van der Waals surface area (Å²) in [7, 11) is 0. The second-order valence-electron chi connectivity index (χ2n) is 2.61. The molecule has 2 nitrogen and oxygen atoms in total. The van der Waals surface area contributed by atoms with E-state index in [0.717, 1.165) is 19.0 Å². The van der Waals surface area contributed by atoms with Gasteiger partial charge in [-0.1, -0.05) is 20.8 Å². The van der Waals surface area contributed by atoms with Crippen LogP contribution in [0.5, 0.6) is 0 Å². The summed E-state index contributed by atoms with van der Waals surface area (Å²) in [4.78, 5) is 2.06. The van der Waals surface area contributed by atoms with Gasteiger partial charge in [0.05, 0.1) is 6.73 Å². The van der Waals surface area contributed by atoms with Gasteiger partial charge in [0.2, 0.25) is 0 Å². The maximum Gasteiger partial charge on any atom is 0.0956 e. The molecule has 0 amide bonds. The lowest BCUT2D eigenvalue weighted by atomic mass is 10.2. The van der Waals surface area contributed by atoms with Crippen LogP contribution in [-0.4, -0.2) is 29.8 Å². The van der Waals surface area contributed by atoms with Crippen LogP contribution in [0.1, 0.15) is 27.2 Å².